The molecule has 0 spiro atoms. The van der Waals surface area contributed by atoms with Crippen LogP contribution >= 0.6 is 0 Å². The van der Waals surface area contributed by atoms with Gasteiger partial charge in [-0.05, 0) is 19.4 Å². The number of fused-ring (bicyclic) bond motifs is 1. The number of aliphatic hydroxyl groups is 1. The Balaban J connectivity index is 2.15. The molecule has 4 nitrogen and oxygen atoms in total. The van der Waals surface area contributed by atoms with Crippen molar-refractivity contribution in [2.45, 2.75) is 20.0 Å². The maximum absolute atomic E-state index is 12.5. The molecule has 0 fully saturated rings. The molecule has 1 unspecified atom stereocenters. The van der Waals surface area contributed by atoms with E-state index < -0.39 is 6.10 Å². The highest BCUT2D eigenvalue weighted by Gasteiger charge is 2.35. The fraction of sp³-hybridized carbons (Fsp3) is 0.176. The molecule has 1 heterocycles. The van der Waals surface area contributed by atoms with Crippen LogP contribution in [0.15, 0.2) is 46.6 Å². The van der Waals surface area contributed by atoms with Crippen molar-refractivity contribution in [3.8, 4) is 0 Å². The molecule has 0 radical (unpaired) electrons. The lowest BCUT2D eigenvalue weighted by Crippen LogP contribution is -2.21. The minimum Gasteiger partial charge on any atom is -0.463 e. The van der Waals surface area contributed by atoms with Crippen molar-refractivity contribution in [1.29, 1.82) is 0 Å². The van der Waals surface area contributed by atoms with Gasteiger partial charge in [0.05, 0.1) is 5.56 Å². The topological polar surface area (TPSA) is 67.5 Å². The van der Waals surface area contributed by atoms with Crippen molar-refractivity contribution in [2.24, 2.45) is 0 Å². The van der Waals surface area contributed by atoms with Crippen LogP contribution in [0.5, 0.6) is 0 Å². The first-order valence-corrected chi connectivity index (χ1v) is 6.63. The average molecular weight is 282 g/mol. The molecule has 0 bridgehead atoms. The third-order valence-corrected chi connectivity index (χ3v) is 3.90. The van der Waals surface area contributed by atoms with E-state index in [0.29, 0.717) is 22.5 Å². The molecule has 4 heteroatoms. The number of ketones is 2. The van der Waals surface area contributed by atoms with E-state index in [1.54, 1.807) is 38.1 Å². The highest BCUT2D eigenvalue weighted by Crippen LogP contribution is 2.38. The molecular weight excluding hydrogens is 268 g/mol. The molecule has 0 saturated heterocycles. The Morgan fingerprint density at radius 1 is 1.14 bits per heavy atom. The normalized spacial score (nSPS) is 17.9. The number of carbonyl (C=O) groups excluding carboxylic acids is 2. The molecule has 1 aliphatic carbocycles. The van der Waals surface area contributed by atoms with Gasteiger partial charge in [-0.15, -0.1) is 0 Å². The number of benzene rings is 1. The molecule has 2 aromatic rings. The van der Waals surface area contributed by atoms with Gasteiger partial charge in [0.1, 0.15) is 18.1 Å². The minimum atomic E-state index is -1.34. The van der Waals surface area contributed by atoms with Crippen LogP contribution < -0.4 is 0 Å². The maximum Gasteiger partial charge on any atom is 0.196 e. The predicted octanol–water partition coefficient (Wildman–Crippen LogP) is 2.92. The zero-order chi connectivity index (χ0) is 15.1. The summed E-state index contributed by atoms with van der Waals surface area (Å²) in [7, 11) is 0. The van der Waals surface area contributed by atoms with E-state index in [1.165, 1.54) is 6.26 Å². The summed E-state index contributed by atoms with van der Waals surface area (Å²) in [5, 5.41) is 10.2. The number of aliphatic hydroxyl groups excluding tert-OH is 1. The summed E-state index contributed by atoms with van der Waals surface area (Å²) in [6, 6.07) is 8.71. The molecule has 1 aromatic carbocycles. The molecular formula is C17H14O4. The van der Waals surface area contributed by atoms with Crippen molar-refractivity contribution in [1.82, 2.24) is 0 Å². The smallest absolute Gasteiger partial charge is 0.196 e. The van der Waals surface area contributed by atoms with Crippen LogP contribution in [0.1, 0.15) is 47.2 Å². The quantitative estimate of drug-likeness (QED) is 0.860. The molecule has 21 heavy (non-hydrogen) atoms. The van der Waals surface area contributed by atoms with Crippen molar-refractivity contribution in [3.05, 3.63) is 64.6 Å². The Morgan fingerprint density at radius 3 is 2.48 bits per heavy atom. The van der Waals surface area contributed by atoms with E-state index in [2.05, 4.69) is 0 Å². The third-order valence-electron chi connectivity index (χ3n) is 3.90. The Kier molecular flexibility index (Phi) is 3.11. The van der Waals surface area contributed by atoms with Gasteiger partial charge in [0.2, 0.25) is 0 Å². The molecule has 106 valence electrons. The first-order chi connectivity index (χ1) is 10.0. The second-order valence-electron chi connectivity index (χ2n) is 5.10. The lowest BCUT2D eigenvalue weighted by Gasteiger charge is -2.19. The lowest BCUT2D eigenvalue weighted by atomic mass is 9.86. The van der Waals surface area contributed by atoms with Crippen molar-refractivity contribution >= 4 is 17.1 Å². The summed E-state index contributed by atoms with van der Waals surface area (Å²) in [5.74, 6) is -0.234. The molecule has 1 aromatic heterocycles. The van der Waals surface area contributed by atoms with Gasteiger partial charge in [0, 0.05) is 16.7 Å². The highest BCUT2D eigenvalue weighted by atomic mass is 16.3. The zero-order valence-corrected chi connectivity index (χ0v) is 11.7. The second-order valence-corrected chi connectivity index (χ2v) is 5.10. The van der Waals surface area contributed by atoms with Crippen molar-refractivity contribution in [2.75, 3.05) is 0 Å². The number of hydrogen-bond donors (Lipinski definition) is 1. The molecule has 0 amide bonds. The SMILES string of the molecule is CC1=C(C)c2occ(C(=O)c3ccccc3)c2C(O)C1=O. The van der Waals surface area contributed by atoms with Crippen molar-refractivity contribution in [3.63, 3.8) is 0 Å². The fourth-order valence-electron chi connectivity index (χ4n) is 2.54. The number of furan rings is 1. The fourth-order valence-corrected chi connectivity index (χ4v) is 2.54. The van der Waals surface area contributed by atoms with Gasteiger partial charge in [-0.1, -0.05) is 30.3 Å². The number of rotatable bonds is 2. The largest absolute Gasteiger partial charge is 0.463 e. The Bertz CT molecular complexity index is 765. The Morgan fingerprint density at radius 2 is 1.81 bits per heavy atom. The van der Waals surface area contributed by atoms with Gasteiger partial charge in [0.25, 0.3) is 0 Å². The van der Waals surface area contributed by atoms with Gasteiger partial charge in [-0.3, -0.25) is 9.59 Å². The van der Waals surface area contributed by atoms with E-state index in [0.717, 1.165) is 0 Å². The molecule has 0 saturated carbocycles. The summed E-state index contributed by atoms with van der Waals surface area (Å²) < 4.78 is 5.44. The molecule has 0 aliphatic heterocycles. The maximum atomic E-state index is 12.5. The summed E-state index contributed by atoms with van der Waals surface area (Å²) in [5.41, 5.74) is 2.13. The number of Topliss-reactive ketones (excluding diaryl/α,β-unsaturated/α-hetero) is 1. The summed E-state index contributed by atoms with van der Waals surface area (Å²) in [6.45, 7) is 3.39. The van der Waals surface area contributed by atoms with Gasteiger partial charge in [-0.25, -0.2) is 0 Å². The zero-order valence-electron chi connectivity index (χ0n) is 11.7. The van der Waals surface area contributed by atoms with Crippen LogP contribution in [0.4, 0.5) is 0 Å². The summed E-state index contributed by atoms with van der Waals surface area (Å²) in [6.07, 6.45) is -0.0244. The number of allylic oxidation sites excluding steroid dienone is 1. The van der Waals surface area contributed by atoms with E-state index >= 15 is 0 Å². The average Bonchev–Trinajstić information content (AvgIpc) is 2.96. The van der Waals surface area contributed by atoms with Crippen LogP contribution in [0.2, 0.25) is 0 Å². The van der Waals surface area contributed by atoms with E-state index in [1.807, 2.05) is 6.07 Å². The van der Waals surface area contributed by atoms with Gasteiger partial charge in [-0.2, -0.15) is 0 Å². The van der Waals surface area contributed by atoms with Crippen molar-refractivity contribution < 1.29 is 19.1 Å². The van der Waals surface area contributed by atoms with Crippen LogP contribution in [-0.4, -0.2) is 16.7 Å². The van der Waals surface area contributed by atoms with Gasteiger partial charge in [0.15, 0.2) is 11.6 Å². The monoisotopic (exact) mass is 282 g/mol. The van der Waals surface area contributed by atoms with Crippen LogP contribution in [-0.2, 0) is 4.79 Å². The van der Waals surface area contributed by atoms with Gasteiger partial charge >= 0.3 is 0 Å². The first kappa shape index (κ1) is 13.5. The van der Waals surface area contributed by atoms with Crippen LogP contribution in [0, 0.1) is 0 Å². The molecule has 1 N–H and O–H groups in total. The third kappa shape index (κ3) is 1.96. The number of hydrogen-bond acceptors (Lipinski definition) is 4. The Hall–Kier alpha value is -2.46. The van der Waals surface area contributed by atoms with E-state index in [4.69, 9.17) is 4.42 Å². The van der Waals surface area contributed by atoms with Crippen LogP contribution in [0.3, 0.4) is 0 Å². The molecule has 1 aliphatic rings. The summed E-state index contributed by atoms with van der Waals surface area (Å²) in [4.78, 5) is 24.6. The first-order valence-electron chi connectivity index (χ1n) is 6.63. The number of carbonyl (C=O) groups is 2. The van der Waals surface area contributed by atoms with E-state index in [9.17, 15) is 14.7 Å². The molecule has 3 rings (SSSR count). The highest BCUT2D eigenvalue weighted by molar-refractivity contribution is 6.14. The second kappa shape index (κ2) is 4.82. The van der Waals surface area contributed by atoms with E-state index in [-0.39, 0.29) is 22.7 Å². The Labute approximate surface area is 121 Å². The van der Waals surface area contributed by atoms with Crippen LogP contribution in [0.25, 0.3) is 5.57 Å². The van der Waals surface area contributed by atoms with Gasteiger partial charge < -0.3 is 9.52 Å². The predicted molar refractivity (Wildman–Crippen MR) is 76.8 cm³/mol. The lowest BCUT2D eigenvalue weighted by molar-refractivity contribution is -0.123. The minimum absolute atomic E-state index is 0.240. The molecule has 1 atom stereocenters. The standard InChI is InChI=1S/C17H14O4/c1-9-10(2)17-13(16(20)14(9)18)12(8-21-17)15(19)11-6-4-3-5-7-11/h3-8,16,20H,1-2H3. The summed E-state index contributed by atoms with van der Waals surface area (Å²) >= 11 is 0.